The van der Waals surface area contributed by atoms with Gasteiger partial charge < -0.3 is 15.2 Å². The fourth-order valence-electron chi connectivity index (χ4n) is 1.43. The van der Waals surface area contributed by atoms with Crippen LogP contribution in [0.3, 0.4) is 0 Å². The summed E-state index contributed by atoms with van der Waals surface area (Å²) in [6.45, 7) is 0.796. The summed E-state index contributed by atoms with van der Waals surface area (Å²) in [5.74, 6) is 0.765. The Bertz CT molecular complexity index is 512. The molecule has 1 aliphatic rings. The van der Waals surface area contributed by atoms with Gasteiger partial charge in [-0.25, -0.2) is 13.1 Å². The van der Waals surface area contributed by atoms with Gasteiger partial charge in [0.1, 0.15) is 13.2 Å². The van der Waals surface area contributed by atoms with E-state index in [9.17, 15) is 8.42 Å². The van der Waals surface area contributed by atoms with Crippen molar-refractivity contribution in [2.45, 2.75) is 4.90 Å². The van der Waals surface area contributed by atoms with Gasteiger partial charge in [-0.15, -0.1) is 0 Å². The predicted octanol–water partition coefficient (Wildman–Crippen LogP) is -0.0519. The molecule has 6 nitrogen and oxygen atoms in total. The first-order valence-corrected chi connectivity index (χ1v) is 6.15. The highest BCUT2D eigenvalue weighted by atomic mass is 32.2. The van der Waals surface area contributed by atoms with E-state index in [1.807, 2.05) is 0 Å². The molecule has 1 aromatic carbocycles. The zero-order chi connectivity index (χ0) is 11.8. The van der Waals surface area contributed by atoms with Gasteiger partial charge in [-0.2, -0.15) is 0 Å². The standard InChI is InChI=1S/C9H12N2O4S/c1-11-16(12,13)6-4-7(10)9-8(5-6)14-2-3-15-9/h4-5,11H,2-3,10H2,1H3. The van der Waals surface area contributed by atoms with Crippen LogP contribution in [0.25, 0.3) is 0 Å². The van der Waals surface area contributed by atoms with E-state index in [0.717, 1.165) is 0 Å². The molecule has 0 unspecified atom stereocenters. The van der Waals surface area contributed by atoms with Gasteiger partial charge in [0.15, 0.2) is 11.5 Å². The molecular formula is C9H12N2O4S. The molecule has 3 N–H and O–H groups in total. The minimum Gasteiger partial charge on any atom is -0.486 e. The summed E-state index contributed by atoms with van der Waals surface area (Å²) in [5, 5.41) is 0. The number of hydrogen-bond acceptors (Lipinski definition) is 5. The molecule has 0 bridgehead atoms. The van der Waals surface area contributed by atoms with E-state index < -0.39 is 10.0 Å². The van der Waals surface area contributed by atoms with Crippen LogP contribution in [0.2, 0.25) is 0 Å². The fourth-order valence-corrected chi connectivity index (χ4v) is 2.21. The monoisotopic (exact) mass is 244 g/mol. The maximum absolute atomic E-state index is 11.6. The molecule has 0 saturated heterocycles. The molecule has 0 aliphatic carbocycles. The van der Waals surface area contributed by atoms with Crippen molar-refractivity contribution in [2.24, 2.45) is 0 Å². The van der Waals surface area contributed by atoms with E-state index in [4.69, 9.17) is 15.2 Å². The van der Waals surface area contributed by atoms with Gasteiger partial charge in [0.25, 0.3) is 0 Å². The zero-order valence-corrected chi connectivity index (χ0v) is 9.50. The Kier molecular flexibility index (Phi) is 2.64. The third-order valence-electron chi connectivity index (χ3n) is 2.22. The highest BCUT2D eigenvalue weighted by Crippen LogP contribution is 2.38. The van der Waals surface area contributed by atoms with Gasteiger partial charge in [0.2, 0.25) is 10.0 Å². The number of rotatable bonds is 2. The number of hydrogen-bond donors (Lipinski definition) is 2. The molecular weight excluding hydrogens is 232 g/mol. The third-order valence-corrected chi connectivity index (χ3v) is 3.62. The van der Waals surface area contributed by atoms with Crippen molar-refractivity contribution in [3.05, 3.63) is 12.1 Å². The van der Waals surface area contributed by atoms with Gasteiger partial charge in [0.05, 0.1) is 10.6 Å². The van der Waals surface area contributed by atoms with E-state index >= 15 is 0 Å². The fraction of sp³-hybridized carbons (Fsp3) is 0.333. The first-order valence-electron chi connectivity index (χ1n) is 4.67. The maximum atomic E-state index is 11.6. The van der Waals surface area contributed by atoms with Crippen molar-refractivity contribution in [2.75, 3.05) is 26.0 Å². The first-order chi connectivity index (χ1) is 7.54. The summed E-state index contributed by atoms with van der Waals surface area (Å²) >= 11 is 0. The van der Waals surface area contributed by atoms with Crippen LogP contribution in [0.4, 0.5) is 5.69 Å². The van der Waals surface area contributed by atoms with Crippen LogP contribution in [0.15, 0.2) is 17.0 Å². The number of anilines is 1. The molecule has 0 aromatic heterocycles. The molecule has 2 rings (SSSR count). The van der Waals surface area contributed by atoms with E-state index in [1.54, 1.807) is 0 Å². The van der Waals surface area contributed by atoms with Crippen molar-refractivity contribution in [3.63, 3.8) is 0 Å². The molecule has 0 fully saturated rings. The molecule has 16 heavy (non-hydrogen) atoms. The minimum absolute atomic E-state index is 0.0664. The van der Waals surface area contributed by atoms with Gasteiger partial charge in [0, 0.05) is 6.07 Å². The van der Waals surface area contributed by atoms with Gasteiger partial charge in [-0.1, -0.05) is 0 Å². The molecule has 7 heteroatoms. The summed E-state index contributed by atoms with van der Waals surface area (Å²) in [7, 11) is -2.18. The third kappa shape index (κ3) is 1.79. The molecule has 1 heterocycles. The van der Waals surface area contributed by atoms with E-state index in [0.29, 0.717) is 24.7 Å². The van der Waals surface area contributed by atoms with Gasteiger partial charge >= 0.3 is 0 Å². The Balaban J connectivity index is 2.56. The Labute approximate surface area is 93.4 Å². The molecule has 1 aromatic rings. The first kappa shape index (κ1) is 11.0. The normalized spacial score (nSPS) is 14.8. The lowest BCUT2D eigenvalue weighted by Gasteiger charge is -2.20. The van der Waals surface area contributed by atoms with E-state index in [-0.39, 0.29) is 10.6 Å². The Morgan fingerprint density at radius 3 is 2.69 bits per heavy atom. The SMILES string of the molecule is CNS(=O)(=O)c1cc(N)c2c(c1)OCCO2. The average molecular weight is 244 g/mol. The molecule has 0 saturated carbocycles. The lowest BCUT2D eigenvalue weighted by atomic mass is 10.2. The largest absolute Gasteiger partial charge is 0.486 e. The molecule has 0 atom stereocenters. The average Bonchev–Trinajstić information content (AvgIpc) is 2.29. The number of fused-ring (bicyclic) bond motifs is 1. The van der Waals surface area contributed by atoms with Gasteiger partial charge in [-0.05, 0) is 13.1 Å². The van der Waals surface area contributed by atoms with Crippen molar-refractivity contribution in [1.82, 2.24) is 4.72 Å². The van der Waals surface area contributed by atoms with Crippen molar-refractivity contribution >= 4 is 15.7 Å². The van der Waals surface area contributed by atoms with E-state index in [2.05, 4.69) is 4.72 Å². The van der Waals surface area contributed by atoms with Crippen LogP contribution in [0.1, 0.15) is 0 Å². The number of nitrogen functional groups attached to an aromatic ring is 1. The second kappa shape index (κ2) is 3.84. The Hall–Kier alpha value is -1.47. The highest BCUT2D eigenvalue weighted by Gasteiger charge is 2.20. The second-order valence-corrected chi connectivity index (χ2v) is 5.13. The van der Waals surface area contributed by atoms with Crippen molar-refractivity contribution in [3.8, 4) is 11.5 Å². The minimum atomic E-state index is -3.52. The molecule has 88 valence electrons. The van der Waals surface area contributed by atoms with Gasteiger partial charge in [-0.3, -0.25) is 0 Å². The summed E-state index contributed by atoms with van der Waals surface area (Å²) in [5.41, 5.74) is 5.95. The Morgan fingerprint density at radius 1 is 1.31 bits per heavy atom. The molecule has 0 spiro atoms. The quantitative estimate of drug-likeness (QED) is 0.712. The summed E-state index contributed by atoms with van der Waals surface area (Å²) in [6, 6.07) is 2.75. The number of nitrogens with one attached hydrogen (secondary N) is 1. The number of ether oxygens (including phenoxy) is 2. The van der Waals surface area contributed by atoms with Crippen LogP contribution < -0.4 is 19.9 Å². The summed E-state index contributed by atoms with van der Waals surface area (Å²) in [6.07, 6.45) is 0. The maximum Gasteiger partial charge on any atom is 0.240 e. The van der Waals surface area contributed by atoms with Crippen LogP contribution >= 0.6 is 0 Å². The molecule has 1 aliphatic heterocycles. The van der Waals surface area contributed by atoms with Crippen molar-refractivity contribution < 1.29 is 17.9 Å². The lowest BCUT2D eigenvalue weighted by Crippen LogP contribution is -2.21. The number of nitrogens with two attached hydrogens (primary N) is 1. The topological polar surface area (TPSA) is 90.7 Å². The molecule has 0 amide bonds. The second-order valence-electron chi connectivity index (χ2n) is 3.24. The van der Waals surface area contributed by atoms with Crippen LogP contribution in [0.5, 0.6) is 11.5 Å². The van der Waals surface area contributed by atoms with Crippen LogP contribution in [-0.4, -0.2) is 28.7 Å². The Morgan fingerprint density at radius 2 is 2.00 bits per heavy atom. The summed E-state index contributed by atoms with van der Waals surface area (Å²) in [4.78, 5) is 0.0664. The number of benzene rings is 1. The smallest absolute Gasteiger partial charge is 0.240 e. The van der Waals surface area contributed by atoms with Crippen LogP contribution in [-0.2, 0) is 10.0 Å². The van der Waals surface area contributed by atoms with Crippen LogP contribution in [0, 0.1) is 0 Å². The highest BCUT2D eigenvalue weighted by molar-refractivity contribution is 7.89. The lowest BCUT2D eigenvalue weighted by molar-refractivity contribution is 0.172. The zero-order valence-electron chi connectivity index (χ0n) is 8.69. The molecule has 0 radical (unpaired) electrons. The number of sulfonamides is 1. The predicted molar refractivity (Wildman–Crippen MR) is 58.1 cm³/mol. The van der Waals surface area contributed by atoms with E-state index in [1.165, 1.54) is 19.2 Å². The summed E-state index contributed by atoms with van der Waals surface area (Å²) < 4.78 is 35.9. The van der Waals surface area contributed by atoms with Crippen molar-refractivity contribution in [1.29, 1.82) is 0 Å².